The molecule has 1 aromatic carbocycles. The molecule has 0 unspecified atom stereocenters. The van der Waals surface area contributed by atoms with Crippen LogP contribution in [0.1, 0.15) is 43.6 Å². The highest BCUT2D eigenvalue weighted by Gasteiger charge is 2.17. The maximum absolute atomic E-state index is 6.10. The Bertz CT molecular complexity index is 274. The molecule has 0 aliphatic heterocycles. The Morgan fingerprint density at radius 3 is 2.69 bits per heavy atom. The molecule has 0 nitrogen and oxygen atoms in total. The van der Waals surface area contributed by atoms with E-state index in [9.17, 15) is 0 Å². The molecule has 0 saturated heterocycles. The lowest BCUT2D eigenvalue weighted by atomic mass is 9.84. The van der Waals surface area contributed by atoms with Crippen molar-refractivity contribution in [2.75, 3.05) is 0 Å². The van der Waals surface area contributed by atoms with Gasteiger partial charge in [0.1, 0.15) is 0 Å². The first-order valence-electron chi connectivity index (χ1n) is 5.04. The Hall–Kier alpha value is -0.490. The normalized spacial score (nSPS) is 18.8. The second-order valence-corrected chi connectivity index (χ2v) is 4.15. The molecule has 0 amide bonds. The van der Waals surface area contributed by atoms with Gasteiger partial charge in [-0.25, -0.2) is 0 Å². The molecule has 0 N–H and O–H groups in total. The summed E-state index contributed by atoms with van der Waals surface area (Å²) in [6, 6.07) is 9.13. The third-order valence-electron chi connectivity index (χ3n) is 2.88. The minimum absolute atomic E-state index is 0.693. The molecule has 0 aromatic heterocycles. The van der Waals surface area contributed by atoms with Gasteiger partial charge in [-0.1, -0.05) is 49.1 Å². The lowest BCUT2D eigenvalue weighted by Gasteiger charge is -2.22. The van der Waals surface area contributed by atoms with Crippen LogP contribution in [0.4, 0.5) is 0 Å². The molecule has 1 aliphatic rings. The predicted octanol–water partition coefficient (Wildman–Crippen LogP) is 4.19. The third kappa shape index (κ3) is 2.05. The van der Waals surface area contributed by atoms with Crippen molar-refractivity contribution >= 4 is 11.6 Å². The van der Waals surface area contributed by atoms with E-state index in [0.717, 1.165) is 5.02 Å². The van der Waals surface area contributed by atoms with Crippen molar-refractivity contribution in [1.29, 1.82) is 0 Å². The van der Waals surface area contributed by atoms with Crippen LogP contribution in [-0.4, -0.2) is 0 Å². The Morgan fingerprint density at radius 2 is 2.00 bits per heavy atom. The van der Waals surface area contributed by atoms with Crippen LogP contribution in [0.15, 0.2) is 18.2 Å². The van der Waals surface area contributed by atoms with Crippen LogP contribution in [0.2, 0.25) is 5.02 Å². The van der Waals surface area contributed by atoms with E-state index in [2.05, 4.69) is 12.1 Å². The molecule has 13 heavy (non-hydrogen) atoms. The van der Waals surface area contributed by atoms with Crippen LogP contribution in [-0.2, 0) is 0 Å². The quantitative estimate of drug-likeness (QED) is 0.628. The van der Waals surface area contributed by atoms with Crippen molar-refractivity contribution < 1.29 is 0 Å². The Balaban J connectivity index is 2.18. The lowest BCUT2D eigenvalue weighted by molar-refractivity contribution is 0.443. The molecular formula is C12H14Cl. The van der Waals surface area contributed by atoms with Crippen LogP contribution in [0, 0.1) is 6.07 Å². The van der Waals surface area contributed by atoms with Gasteiger partial charge in [0.05, 0.1) is 5.02 Å². The number of rotatable bonds is 1. The van der Waals surface area contributed by atoms with Crippen molar-refractivity contribution in [2.45, 2.75) is 38.0 Å². The molecule has 1 aliphatic carbocycles. The molecule has 0 bridgehead atoms. The van der Waals surface area contributed by atoms with Crippen LogP contribution in [0.5, 0.6) is 0 Å². The molecule has 0 heterocycles. The van der Waals surface area contributed by atoms with Crippen LogP contribution < -0.4 is 0 Å². The molecule has 1 aromatic rings. The predicted molar refractivity (Wildman–Crippen MR) is 56.1 cm³/mol. The number of benzene rings is 1. The summed E-state index contributed by atoms with van der Waals surface area (Å²) in [6.07, 6.45) is 6.71. The van der Waals surface area contributed by atoms with Gasteiger partial charge in [0.2, 0.25) is 0 Å². The molecule has 1 fully saturated rings. The van der Waals surface area contributed by atoms with E-state index in [-0.39, 0.29) is 0 Å². The van der Waals surface area contributed by atoms with E-state index in [1.807, 2.05) is 12.1 Å². The van der Waals surface area contributed by atoms with Gasteiger partial charge in [0.15, 0.2) is 0 Å². The third-order valence-corrected chi connectivity index (χ3v) is 3.21. The first-order valence-corrected chi connectivity index (χ1v) is 5.42. The summed E-state index contributed by atoms with van der Waals surface area (Å²) in [7, 11) is 0. The van der Waals surface area contributed by atoms with Gasteiger partial charge >= 0.3 is 0 Å². The maximum atomic E-state index is 6.10. The second-order valence-electron chi connectivity index (χ2n) is 3.77. The van der Waals surface area contributed by atoms with Crippen molar-refractivity contribution in [2.24, 2.45) is 0 Å². The molecule has 1 saturated carbocycles. The minimum Gasteiger partial charge on any atom is -0.0833 e. The molecule has 1 radical (unpaired) electrons. The summed E-state index contributed by atoms with van der Waals surface area (Å²) < 4.78 is 0. The van der Waals surface area contributed by atoms with E-state index >= 15 is 0 Å². The second kappa shape index (κ2) is 4.15. The minimum atomic E-state index is 0.693. The average Bonchev–Trinajstić information content (AvgIpc) is 2.20. The first kappa shape index (κ1) is 9.08. The maximum Gasteiger partial charge on any atom is 0.0519 e. The Morgan fingerprint density at radius 1 is 1.23 bits per heavy atom. The highest BCUT2D eigenvalue weighted by molar-refractivity contribution is 6.31. The summed E-state index contributed by atoms with van der Waals surface area (Å²) >= 11 is 6.10. The van der Waals surface area contributed by atoms with Crippen LogP contribution in [0.3, 0.4) is 0 Å². The molecule has 0 spiro atoms. The van der Waals surface area contributed by atoms with Crippen LogP contribution >= 0.6 is 11.6 Å². The van der Waals surface area contributed by atoms with Crippen molar-refractivity contribution in [1.82, 2.24) is 0 Å². The molecule has 69 valence electrons. The Kier molecular flexibility index (Phi) is 2.90. The first-order chi connectivity index (χ1) is 6.38. The fourth-order valence-corrected chi connectivity index (χ4v) is 2.44. The molecular weight excluding hydrogens is 180 g/mol. The van der Waals surface area contributed by atoms with Gasteiger partial charge in [-0.15, -0.1) is 0 Å². The summed E-state index contributed by atoms with van der Waals surface area (Å²) in [4.78, 5) is 0. The molecule has 1 heteroatoms. The fourth-order valence-electron chi connectivity index (χ4n) is 2.16. The summed E-state index contributed by atoms with van der Waals surface area (Å²) in [5.74, 6) is 0.693. The molecule has 0 atom stereocenters. The zero-order chi connectivity index (χ0) is 9.10. The van der Waals surface area contributed by atoms with Crippen molar-refractivity contribution in [3.8, 4) is 0 Å². The summed E-state index contributed by atoms with van der Waals surface area (Å²) in [5, 5.41) is 0.828. The largest absolute Gasteiger partial charge is 0.0833 e. The lowest BCUT2D eigenvalue weighted by Crippen LogP contribution is -2.04. The topological polar surface area (TPSA) is 0 Å². The highest BCUT2D eigenvalue weighted by atomic mass is 35.5. The average molecular weight is 194 g/mol. The highest BCUT2D eigenvalue weighted by Crippen LogP contribution is 2.35. The van der Waals surface area contributed by atoms with Gasteiger partial charge in [0, 0.05) is 6.07 Å². The monoisotopic (exact) mass is 193 g/mol. The summed E-state index contributed by atoms with van der Waals surface area (Å²) in [6.45, 7) is 0. The van der Waals surface area contributed by atoms with Crippen LogP contribution in [0.25, 0.3) is 0 Å². The Labute approximate surface area is 84.9 Å². The zero-order valence-corrected chi connectivity index (χ0v) is 8.48. The zero-order valence-electron chi connectivity index (χ0n) is 7.72. The van der Waals surface area contributed by atoms with Gasteiger partial charge < -0.3 is 0 Å². The van der Waals surface area contributed by atoms with Gasteiger partial charge in [-0.05, 0) is 24.3 Å². The van der Waals surface area contributed by atoms with Gasteiger partial charge in [0.25, 0.3) is 0 Å². The standard InChI is InChI=1S/C12H14Cl/c13-12-9-5-4-8-11(12)10-6-2-1-3-7-10/h4-5,8,10H,1-3,6-7H2. The van der Waals surface area contributed by atoms with E-state index < -0.39 is 0 Å². The van der Waals surface area contributed by atoms with E-state index in [1.54, 1.807) is 0 Å². The SMILES string of the molecule is Clc1[c]cccc1C1CCCCC1. The fraction of sp³-hybridized carbons (Fsp3) is 0.500. The summed E-state index contributed by atoms with van der Waals surface area (Å²) in [5.41, 5.74) is 1.31. The van der Waals surface area contributed by atoms with Gasteiger partial charge in [-0.2, -0.15) is 0 Å². The number of halogens is 1. The number of hydrogen-bond acceptors (Lipinski definition) is 0. The van der Waals surface area contributed by atoms with E-state index in [1.165, 1.54) is 37.7 Å². The van der Waals surface area contributed by atoms with Crippen molar-refractivity contribution in [3.63, 3.8) is 0 Å². The van der Waals surface area contributed by atoms with Gasteiger partial charge in [-0.3, -0.25) is 0 Å². The molecule has 2 rings (SSSR count). The van der Waals surface area contributed by atoms with E-state index in [0.29, 0.717) is 5.92 Å². The van der Waals surface area contributed by atoms with Crippen molar-refractivity contribution in [3.05, 3.63) is 34.9 Å². The number of hydrogen-bond donors (Lipinski definition) is 0. The van der Waals surface area contributed by atoms with E-state index in [4.69, 9.17) is 11.6 Å². The smallest absolute Gasteiger partial charge is 0.0519 e.